The highest BCUT2D eigenvalue weighted by Gasteiger charge is 2.72. The third-order valence-corrected chi connectivity index (χ3v) is 8.42. The minimum absolute atomic E-state index is 0.0632. The Hall–Kier alpha value is -1.13. The Bertz CT molecular complexity index is 606. The molecule has 0 aromatic heterocycles. The maximum atomic E-state index is 13.7. The minimum atomic E-state index is -1.03. The van der Waals surface area contributed by atoms with E-state index in [0.717, 1.165) is 44.4 Å². The van der Waals surface area contributed by atoms with E-state index in [1.807, 2.05) is 0 Å². The van der Waals surface area contributed by atoms with Crippen LogP contribution in [-0.4, -0.2) is 30.1 Å². The van der Waals surface area contributed by atoms with Crippen molar-refractivity contribution in [1.29, 1.82) is 0 Å². The quantitative estimate of drug-likeness (QED) is 0.789. The molecule has 144 valence electrons. The van der Waals surface area contributed by atoms with Crippen molar-refractivity contribution in [2.75, 3.05) is 6.54 Å². The molecule has 2 amide bonds. The largest absolute Gasteiger partial charge is 0.355 e. The first-order valence-electron chi connectivity index (χ1n) is 10.7. The third-order valence-electron chi connectivity index (χ3n) is 8.42. The van der Waals surface area contributed by atoms with E-state index in [1.54, 1.807) is 0 Å². The first-order valence-corrected chi connectivity index (χ1v) is 10.7. The molecule has 2 N–H and O–H groups in total. The van der Waals surface area contributed by atoms with E-state index in [4.69, 9.17) is 0 Å². The SMILES string of the molecule is O=C(NCC1CCCCC1NC(=O)C12CC(F)(C1)C2)C12CCC(CC1)C2. The van der Waals surface area contributed by atoms with E-state index in [9.17, 15) is 14.0 Å². The summed E-state index contributed by atoms with van der Waals surface area (Å²) in [5, 5.41) is 6.48. The van der Waals surface area contributed by atoms with E-state index in [2.05, 4.69) is 10.6 Å². The van der Waals surface area contributed by atoms with Gasteiger partial charge in [-0.05, 0) is 76.0 Å². The molecule has 5 heteroatoms. The predicted octanol–water partition coefficient (Wildman–Crippen LogP) is 3.25. The van der Waals surface area contributed by atoms with Crippen LogP contribution in [0.5, 0.6) is 0 Å². The van der Waals surface area contributed by atoms with Crippen LogP contribution in [0.3, 0.4) is 0 Å². The van der Waals surface area contributed by atoms with Crippen molar-refractivity contribution in [3.63, 3.8) is 0 Å². The zero-order chi connectivity index (χ0) is 18.0. The first-order chi connectivity index (χ1) is 12.4. The lowest BCUT2D eigenvalue weighted by atomic mass is 9.42. The molecule has 0 saturated heterocycles. The first kappa shape index (κ1) is 17.0. The van der Waals surface area contributed by atoms with Gasteiger partial charge in [-0.3, -0.25) is 9.59 Å². The van der Waals surface area contributed by atoms with E-state index in [1.165, 1.54) is 19.3 Å². The molecule has 2 unspecified atom stereocenters. The Morgan fingerprint density at radius 1 is 0.923 bits per heavy atom. The minimum Gasteiger partial charge on any atom is -0.355 e. The molecule has 4 bridgehead atoms. The van der Waals surface area contributed by atoms with Crippen LogP contribution >= 0.6 is 0 Å². The summed E-state index contributed by atoms with van der Waals surface area (Å²) in [5.74, 6) is 1.41. The lowest BCUT2D eigenvalue weighted by Crippen LogP contribution is -2.71. The van der Waals surface area contributed by atoms with Crippen molar-refractivity contribution >= 4 is 11.8 Å². The van der Waals surface area contributed by atoms with E-state index < -0.39 is 11.1 Å². The van der Waals surface area contributed by atoms with Crippen LogP contribution in [0.25, 0.3) is 0 Å². The Balaban J connectivity index is 1.16. The van der Waals surface area contributed by atoms with Crippen molar-refractivity contribution in [2.24, 2.45) is 22.7 Å². The van der Waals surface area contributed by atoms with Gasteiger partial charge in [0.1, 0.15) is 5.67 Å². The number of fused-ring (bicyclic) bond motifs is 2. The highest BCUT2D eigenvalue weighted by molar-refractivity contribution is 5.87. The number of nitrogens with one attached hydrogen (secondary N) is 2. The molecule has 26 heavy (non-hydrogen) atoms. The second-order valence-electron chi connectivity index (χ2n) is 10.2. The van der Waals surface area contributed by atoms with Gasteiger partial charge >= 0.3 is 0 Å². The van der Waals surface area contributed by atoms with Crippen LogP contribution in [0, 0.1) is 22.7 Å². The number of halogens is 1. The summed E-state index contributed by atoms with van der Waals surface area (Å²) in [7, 11) is 0. The molecule has 0 spiro atoms. The molecular formula is C21H31FN2O2. The topological polar surface area (TPSA) is 58.2 Å². The molecular weight excluding hydrogens is 331 g/mol. The molecule has 6 rings (SSSR count). The van der Waals surface area contributed by atoms with Crippen LogP contribution in [0.2, 0.25) is 0 Å². The van der Waals surface area contributed by atoms with Crippen LogP contribution < -0.4 is 10.6 Å². The fraction of sp³-hybridized carbons (Fsp3) is 0.905. The maximum Gasteiger partial charge on any atom is 0.226 e. The number of rotatable bonds is 5. The van der Waals surface area contributed by atoms with Crippen molar-refractivity contribution in [2.45, 2.75) is 88.8 Å². The van der Waals surface area contributed by atoms with Gasteiger partial charge in [0.05, 0.1) is 5.41 Å². The predicted molar refractivity (Wildman–Crippen MR) is 96.0 cm³/mol. The van der Waals surface area contributed by atoms with Crippen LogP contribution in [0.4, 0.5) is 4.39 Å². The van der Waals surface area contributed by atoms with E-state index >= 15 is 0 Å². The van der Waals surface area contributed by atoms with Crippen LogP contribution in [0.1, 0.15) is 77.0 Å². The smallest absolute Gasteiger partial charge is 0.226 e. The molecule has 0 aliphatic heterocycles. The number of carbonyl (C=O) groups is 2. The summed E-state index contributed by atoms with van der Waals surface area (Å²) in [6.07, 6.45) is 11.2. The van der Waals surface area contributed by atoms with Crippen molar-refractivity contribution in [3.05, 3.63) is 0 Å². The summed E-state index contributed by atoms with van der Waals surface area (Å²) < 4.78 is 13.7. The molecule has 4 nitrogen and oxygen atoms in total. The molecule has 2 atom stereocenters. The van der Waals surface area contributed by atoms with Gasteiger partial charge in [0, 0.05) is 18.0 Å². The summed E-state index contributed by atoms with van der Waals surface area (Å²) in [6, 6.07) is 0.138. The van der Waals surface area contributed by atoms with Gasteiger partial charge < -0.3 is 10.6 Å². The van der Waals surface area contributed by atoms with Gasteiger partial charge in [-0.1, -0.05) is 12.8 Å². The van der Waals surface area contributed by atoms with Gasteiger partial charge in [-0.2, -0.15) is 0 Å². The molecule has 6 aliphatic carbocycles. The third kappa shape index (κ3) is 2.52. The molecule has 0 aromatic carbocycles. The van der Waals surface area contributed by atoms with Crippen molar-refractivity contribution < 1.29 is 14.0 Å². The van der Waals surface area contributed by atoms with Gasteiger partial charge in [-0.15, -0.1) is 0 Å². The highest BCUT2D eigenvalue weighted by atomic mass is 19.1. The molecule has 0 aromatic rings. The van der Waals surface area contributed by atoms with Gasteiger partial charge in [-0.25, -0.2) is 4.39 Å². The summed E-state index contributed by atoms with van der Waals surface area (Å²) in [4.78, 5) is 25.4. The number of hydrogen-bond donors (Lipinski definition) is 2. The van der Waals surface area contributed by atoms with Gasteiger partial charge in [0.25, 0.3) is 0 Å². The summed E-state index contributed by atoms with van der Waals surface area (Å²) in [6.45, 7) is 0.677. The number of amides is 2. The monoisotopic (exact) mass is 362 g/mol. The average Bonchev–Trinajstić information content (AvgIpc) is 3.19. The van der Waals surface area contributed by atoms with Gasteiger partial charge in [0.2, 0.25) is 11.8 Å². The zero-order valence-corrected chi connectivity index (χ0v) is 15.6. The zero-order valence-electron chi connectivity index (χ0n) is 15.6. The van der Waals surface area contributed by atoms with Crippen molar-refractivity contribution in [1.82, 2.24) is 10.6 Å². The summed E-state index contributed by atoms with van der Waals surface area (Å²) in [5.41, 5.74) is -1.52. The normalized spacial score (nSPS) is 48.4. The Kier molecular flexibility index (Phi) is 3.72. The standard InChI is InChI=1S/C21H31FN2O2/c22-21-11-20(12-21,13-21)18(26)24-16-4-2-1-3-15(16)10-23-17(25)19-7-5-14(9-19)6-8-19/h14-16H,1-13H2,(H,23,25)(H,24,26). The molecule has 0 heterocycles. The summed E-state index contributed by atoms with van der Waals surface area (Å²) >= 11 is 0. The van der Waals surface area contributed by atoms with E-state index in [0.29, 0.717) is 31.7 Å². The number of alkyl halides is 1. The second kappa shape index (κ2) is 5.68. The maximum absolute atomic E-state index is 13.7. The Morgan fingerprint density at radius 3 is 2.23 bits per heavy atom. The fourth-order valence-electron chi connectivity index (χ4n) is 6.79. The fourth-order valence-corrected chi connectivity index (χ4v) is 6.79. The molecule has 0 radical (unpaired) electrons. The average molecular weight is 362 g/mol. The Morgan fingerprint density at radius 2 is 1.62 bits per heavy atom. The number of carbonyl (C=O) groups excluding carboxylic acids is 2. The molecule has 6 aliphatic rings. The number of hydrogen-bond acceptors (Lipinski definition) is 2. The molecule has 6 fully saturated rings. The van der Waals surface area contributed by atoms with Gasteiger partial charge in [0.15, 0.2) is 0 Å². The molecule has 6 saturated carbocycles. The Labute approximate surface area is 155 Å². The van der Waals surface area contributed by atoms with Crippen LogP contribution in [-0.2, 0) is 9.59 Å². The second-order valence-corrected chi connectivity index (χ2v) is 10.2. The lowest BCUT2D eigenvalue weighted by molar-refractivity contribution is -0.214. The lowest BCUT2D eigenvalue weighted by Gasteiger charge is -2.64. The van der Waals surface area contributed by atoms with Crippen molar-refractivity contribution in [3.8, 4) is 0 Å². The highest BCUT2D eigenvalue weighted by Crippen LogP contribution is 2.69. The van der Waals surface area contributed by atoms with Crippen LogP contribution in [0.15, 0.2) is 0 Å². The van der Waals surface area contributed by atoms with E-state index in [-0.39, 0.29) is 23.3 Å².